The minimum atomic E-state index is 0.361. The molecule has 0 N–H and O–H groups in total. The van der Waals surface area contributed by atoms with Crippen molar-refractivity contribution in [2.24, 2.45) is 0 Å². The van der Waals surface area contributed by atoms with E-state index in [2.05, 4.69) is 89.6 Å². The topological polar surface area (TPSA) is 0 Å². The lowest BCUT2D eigenvalue weighted by atomic mass is 9.89. The quantitative estimate of drug-likeness (QED) is 0.506. The van der Waals surface area contributed by atoms with Gasteiger partial charge < -0.3 is 0 Å². The van der Waals surface area contributed by atoms with E-state index in [-0.39, 0.29) is 0 Å². The highest BCUT2D eigenvalue weighted by molar-refractivity contribution is 9.10. The molecule has 0 spiro atoms. The molecular weight excluding hydrogens is 320 g/mol. The zero-order valence-corrected chi connectivity index (χ0v) is 13.4. The first-order valence-corrected chi connectivity index (χ1v) is 8.00. The van der Waals surface area contributed by atoms with Gasteiger partial charge in [-0.3, -0.25) is 0 Å². The Kier molecular flexibility index (Phi) is 2.97. The second kappa shape index (κ2) is 4.85. The zero-order valence-electron chi connectivity index (χ0n) is 11.8. The Labute approximate surface area is 133 Å². The Bertz CT molecular complexity index is 874. The normalized spacial score (nSPS) is 16.4. The molecule has 0 nitrogen and oxygen atoms in total. The first-order valence-electron chi connectivity index (χ1n) is 7.20. The molecule has 0 heterocycles. The van der Waals surface area contributed by atoms with Crippen LogP contribution in [0.15, 0.2) is 65.1 Å². The Morgan fingerprint density at radius 2 is 1.62 bits per heavy atom. The van der Waals surface area contributed by atoms with E-state index in [0.717, 1.165) is 0 Å². The predicted octanol–water partition coefficient (Wildman–Crippen LogP) is 6.07. The zero-order chi connectivity index (χ0) is 14.4. The molecule has 0 aromatic heterocycles. The number of benzene rings is 3. The van der Waals surface area contributed by atoms with E-state index in [4.69, 9.17) is 0 Å². The van der Waals surface area contributed by atoms with Gasteiger partial charge in [0.15, 0.2) is 0 Å². The van der Waals surface area contributed by atoms with Gasteiger partial charge >= 0.3 is 0 Å². The van der Waals surface area contributed by atoms with Crippen LogP contribution in [0.2, 0.25) is 0 Å². The summed E-state index contributed by atoms with van der Waals surface area (Å²) in [7, 11) is 0. The summed E-state index contributed by atoms with van der Waals surface area (Å²) in [6.07, 6.45) is 4.55. The van der Waals surface area contributed by atoms with Crippen molar-refractivity contribution in [1.82, 2.24) is 0 Å². The first kappa shape index (κ1) is 12.8. The Morgan fingerprint density at radius 3 is 2.52 bits per heavy atom. The second-order valence-electron chi connectivity index (χ2n) is 5.60. The highest BCUT2D eigenvalue weighted by Gasteiger charge is 2.20. The molecule has 1 heteroatoms. The Balaban J connectivity index is 1.97. The summed E-state index contributed by atoms with van der Waals surface area (Å²) in [5.74, 6) is 0.361. The van der Waals surface area contributed by atoms with Gasteiger partial charge in [0.05, 0.1) is 0 Å². The van der Waals surface area contributed by atoms with Crippen molar-refractivity contribution in [3.05, 3.63) is 87.4 Å². The maximum atomic E-state index is 3.74. The number of rotatable bonds is 1. The van der Waals surface area contributed by atoms with Crippen molar-refractivity contribution in [3.8, 4) is 0 Å². The summed E-state index contributed by atoms with van der Waals surface area (Å²) >= 11 is 3.74. The van der Waals surface area contributed by atoms with E-state index in [1.54, 1.807) is 0 Å². The molecule has 1 aliphatic rings. The van der Waals surface area contributed by atoms with Crippen molar-refractivity contribution in [2.45, 2.75) is 12.8 Å². The number of fused-ring (bicyclic) bond motifs is 2. The lowest BCUT2D eigenvalue weighted by Crippen LogP contribution is -1.97. The van der Waals surface area contributed by atoms with Crippen LogP contribution in [0, 0.1) is 6.92 Å². The minimum Gasteiger partial charge on any atom is -0.0720 e. The fourth-order valence-corrected chi connectivity index (χ4v) is 3.72. The fourth-order valence-electron chi connectivity index (χ4n) is 3.25. The third-order valence-corrected chi connectivity index (χ3v) is 5.41. The lowest BCUT2D eigenvalue weighted by Gasteiger charge is -2.15. The number of hydrogen-bond acceptors (Lipinski definition) is 0. The SMILES string of the molecule is Cc1ccc2c(C3C=Cc4ccccc43)cccc2c1Br. The summed E-state index contributed by atoms with van der Waals surface area (Å²) in [5.41, 5.74) is 5.41. The van der Waals surface area contributed by atoms with Gasteiger partial charge in [-0.1, -0.05) is 66.7 Å². The van der Waals surface area contributed by atoms with Gasteiger partial charge in [0.25, 0.3) is 0 Å². The number of hydrogen-bond donors (Lipinski definition) is 0. The average Bonchev–Trinajstić information content (AvgIpc) is 2.94. The molecule has 0 aliphatic heterocycles. The van der Waals surface area contributed by atoms with Crippen molar-refractivity contribution < 1.29 is 0 Å². The molecule has 21 heavy (non-hydrogen) atoms. The van der Waals surface area contributed by atoms with Crippen LogP contribution in [0.3, 0.4) is 0 Å². The van der Waals surface area contributed by atoms with Gasteiger partial charge in [-0.05, 0) is 55.9 Å². The van der Waals surface area contributed by atoms with E-state index >= 15 is 0 Å². The minimum absolute atomic E-state index is 0.361. The molecule has 102 valence electrons. The van der Waals surface area contributed by atoms with Gasteiger partial charge in [0.2, 0.25) is 0 Å². The predicted molar refractivity (Wildman–Crippen MR) is 93.7 cm³/mol. The Hall–Kier alpha value is -1.86. The molecule has 3 aromatic rings. The molecule has 0 radical (unpaired) electrons. The highest BCUT2D eigenvalue weighted by Crippen LogP contribution is 2.39. The Morgan fingerprint density at radius 1 is 0.810 bits per heavy atom. The molecule has 0 saturated heterocycles. The van der Waals surface area contributed by atoms with Crippen LogP contribution >= 0.6 is 15.9 Å². The number of aryl methyl sites for hydroxylation is 1. The molecule has 4 rings (SSSR count). The molecule has 3 aromatic carbocycles. The van der Waals surface area contributed by atoms with E-state index in [1.807, 2.05) is 0 Å². The van der Waals surface area contributed by atoms with E-state index in [1.165, 1.54) is 37.5 Å². The molecule has 1 atom stereocenters. The van der Waals surface area contributed by atoms with E-state index in [9.17, 15) is 0 Å². The maximum absolute atomic E-state index is 3.74. The largest absolute Gasteiger partial charge is 0.0720 e. The molecule has 0 amide bonds. The standard InChI is InChI=1S/C20H15Br/c1-13-9-11-18-16(7-4-8-19(18)20(13)21)17-12-10-14-5-2-3-6-15(14)17/h2-12,17H,1H3. The molecular formula is C20H15Br. The summed E-state index contributed by atoms with van der Waals surface area (Å²) in [5, 5.41) is 2.63. The monoisotopic (exact) mass is 334 g/mol. The summed E-state index contributed by atoms with van der Waals surface area (Å²) in [6, 6.07) is 19.7. The molecule has 1 aliphatic carbocycles. The van der Waals surface area contributed by atoms with Gasteiger partial charge in [-0.25, -0.2) is 0 Å². The van der Waals surface area contributed by atoms with Crippen LogP contribution in [0.1, 0.15) is 28.2 Å². The summed E-state index contributed by atoms with van der Waals surface area (Å²) in [4.78, 5) is 0. The van der Waals surface area contributed by atoms with Crippen molar-refractivity contribution in [3.63, 3.8) is 0 Å². The van der Waals surface area contributed by atoms with Gasteiger partial charge in [-0.15, -0.1) is 0 Å². The van der Waals surface area contributed by atoms with Gasteiger partial charge in [0, 0.05) is 10.4 Å². The number of allylic oxidation sites excluding steroid dienone is 1. The van der Waals surface area contributed by atoms with Crippen molar-refractivity contribution in [1.29, 1.82) is 0 Å². The molecule has 0 bridgehead atoms. The van der Waals surface area contributed by atoms with Gasteiger partial charge in [-0.2, -0.15) is 0 Å². The summed E-state index contributed by atoms with van der Waals surface area (Å²) < 4.78 is 1.21. The third-order valence-electron chi connectivity index (χ3n) is 4.36. The summed E-state index contributed by atoms with van der Waals surface area (Å²) in [6.45, 7) is 2.14. The fraction of sp³-hybridized carbons (Fsp3) is 0.100. The van der Waals surface area contributed by atoms with Crippen LogP contribution in [0.5, 0.6) is 0 Å². The highest BCUT2D eigenvalue weighted by atomic mass is 79.9. The molecule has 0 saturated carbocycles. The van der Waals surface area contributed by atoms with Crippen LogP contribution in [0.4, 0.5) is 0 Å². The third kappa shape index (κ3) is 1.96. The van der Waals surface area contributed by atoms with Crippen molar-refractivity contribution >= 4 is 32.8 Å². The molecule has 0 fully saturated rings. The lowest BCUT2D eigenvalue weighted by molar-refractivity contribution is 1.06. The van der Waals surface area contributed by atoms with E-state index in [0.29, 0.717) is 5.92 Å². The van der Waals surface area contributed by atoms with E-state index < -0.39 is 0 Å². The van der Waals surface area contributed by atoms with Crippen LogP contribution in [0.25, 0.3) is 16.8 Å². The first-order chi connectivity index (χ1) is 10.3. The second-order valence-corrected chi connectivity index (χ2v) is 6.40. The van der Waals surface area contributed by atoms with Crippen LogP contribution in [-0.4, -0.2) is 0 Å². The smallest absolute Gasteiger partial charge is 0.0284 e. The van der Waals surface area contributed by atoms with Crippen LogP contribution < -0.4 is 0 Å². The maximum Gasteiger partial charge on any atom is 0.0284 e. The average molecular weight is 335 g/mol. The van der Waals surface area contributed by atoms with Gasteiger partial charge in [0.1, 0.15) is 0 Å². The number of halogens is 1. The molecule has 1 unspecified atom stereocenters. The van der Waals surface area contributed by atoms with Crippen LogP contribution in [-0.2, 0) is 0 Å². The van der Waals surface area contributed by atoms with Crippen molar-refractivity contribution in [2.75, 3.05) is 0 Å².